The largest absolute Gasteiger partial charge is 0.309 e. The van der Waals surface area contributed by atoms with E-state index >= 15 is 0 Å². The van der Waals surface area contributed by atoms with Crippen LogP contribution in [0.25, 0.3) is 100 Å². The predicted octanol–water partition coefficient (Wildman–Crippen LogP) is 13.3. The molecule has 0 spiro atoms. The highest BCUT2D eigenvalue weighted by atomic mass is 15.0. The fraction of sp³-hybridized carbons (Fsp3) is 0. The Morgan fingerprint density at radius 3 is 1.54 bits per heavy atom. The molecule has 0 aliphatic rings. The van der Waals surface area contributed by atoms with Gasteiger partial charge in [-0.15, -0.1) is 0 Å². The maximum absolute atomic E-state index is 5.12. The van der Waals surface area contributed by atoms with Gasteiger partial charge < -0.3 is 9.13 Å². The summed E-state index contributed by atoms with van der Waals surface area (Å²) >= 11 is 0. The van der Waals surface area contributed by atoms with Crippen LogP contribution in [-0.2, 0) is 0 Å². The molecular weight excluding hydrogens is 681 g/mol. The number of hydrogen-bond acceptors (Lipinski definition) is 2. The first-order valence-electron chi connectivity index (χ1n) is 19.0. The first-order chi connectivity index (χ1) is 27.8. The summed E-state index contributed by atoms with van der Waals surface area (Å²) < 4.78 is 4.87. The van der Waals surface area contributed by atoms with Crippen molar-refractivity contribution in [2.75, 3.05) is 0 Å². The van der Waals surface area contributed by atoms with Crippen molar-refractivity contribution in [1.82, 2.24) is 19.1 Å². The summed E-state index contributed by atoms with van der Waals surface area (Å²) in [4.78, 5) is 10.1. The molecule has 0 bridgehead atoms. The molecule has 4 nitrogen and oxygen atoms in total. The monoisotopic (exact) mass is 714 g/mol. The summed E-state index contributed by atoms with van der Waals surface area (Å²) in [6.07, 6.45) is 0. The van der Waals surface area contributed by atoms with Crippen LogP contribution in [0.15, 0.2) is 206 Å². The number of rotatable bonds is 6. The molecular formula is C52H34N4. The first-order valence-corrected chi connectivity index (χ1v) is 19.0. The molecule has 0 unspecified atom stereocenters. The third kappa shape index (κ3) is 5.23. The van der Waals surface area contributed by atoms with Crippen molar-refractivity contribution in [3.05, 3.63) is 206 Å². The Hall–Kier alpha value is -7.56. The van der Waals surface area contributed by atoms with Crippen LogP contribution in [0.1, 0.15) is 0 Å². The molecule has 11 aromatic rings. The van der Waals surface area contributed by atoms with E-state index in [0.29, 0.717) is 5.82 Å². The zero-order valence-corrected chi connectivity index (χ0v) is 30.4. The second-order valence-corrected chi connectivity index (χ2v) is 14.2. The van der Waals surface area contributed by atoms with Gasteiger partial charge in [-0.25, -0.2) is 9.97 Å². The molecule has 4 heteroatoms. The van der Waals surface area contributed by atoms with Crippen molar-refractivity contribution in [2.24, 2.45) is 0 Å². The minimum Gasteiger partial charge on any atom is -0.309 e. The van der Waals surface area contributed by atoms with Gasteiger partial charge in [0.2, 0.25) is 0 Å². The van der Waals surface area contributed by atoms with Gasteiger partial charge in [0, 0.05) is 49.6 Å². The van der Waals surface area contributed by atoms with Crippen LogP contribution in [0, 0.1) is 0 Å². The lowest BCUT2D eigenvalue weighted by molar-refractivity contribution is 1.17. The zero-order valence-electron chi connectivity index (χ0n) is 30.4. The van der Waals surface area contributed by atoms with Crippen LogP contribution in [0.5, 0.6) is 0 Å². The molecule has 0 radical (unpaired) electrons. The molecule has 0 atom stereocenters. The first kappa shape index (κ1) is 31.9. The predicted molar refractivity (Wildman–Crippen MR) is 232 cm³/mol. The van der Waals surface area contributed by atoms with E-state index in [1.807, 2.05) is 24.3 Å². The van der Waals surface area contributed by atoms with E-state index in [1.54, 1.807) is 0 Å². The third-order valence-electron chi connectivity index (χ3n) is 10.9. The van der Waals surface area contributed by atoms with Gasteiger partial charge in [0.25, 0.3) is 0 Å². The topological polar surface area (TPSA) is 35.6 Å². The quantitative estimate of drug-likeness (QED) is 0.172. The molecule has 8 aromatic carbocycles. The van der Waals surface area contributed by atoms with Gasteiger partial charge in [0.1, 0.15) is 0 Å². The van der Waals surface area contributed by atoms with Gasteiger partial charge in [-0.1, -0.05) is 158 Å². The van der Waals surface area contributed by atoms with Gasteiger partial charge in [-0.05, 0) is 59.7 Å². The van der Waals surface area contributed by atoms with Crippen molar-refractivity contribution >= 4 is 43.6 Å². The smallest absolute Gasteiger partial charge is 0.160 e. The third-order valence-corrected chi connectivity index (χ3v) is 10.9. The second kappa shape index (κ2) is 13.1. The summed E-state index contributed by atoms with van der Waals surface area (Å²) in [7, 11) is 0. The zero-order chi connectivity index (χ0) is 37.0. The van der Waals surface area contributed by atoms with Crippen molar-refractivity contribution < 1.29 is 0 Å². The Kier molecular flexibility index (Phi) is 7.46. The van der Waals surface area contributed by atoms with Crippen LogP contribution >= 0.6 is 0 Å². The summed E-state index contributed by atoms with van der Waals surface area (Å²) in [6, 6.07) is 73.2. The fourth-order valence-corrected chi connectivity index (χ4v) is 8.34. The Morgan fingerprint density at radius 2 is 0.839 bits per heavy atom. The normalized spacial score (nSPS) is 11.6. The van der Waals surface area contributed by atoms with Crippen LogP contribution in [-0.4, -0.2) is 19.1 Å². The average Bonchev–Trinajstić information content (AvgIpc) is 3.80. The van der Waals surface area contributed by atoms with Crippen molar-refractivity contribution in [3.8, 4) is 56.4 Å². The number of aromatic nitrogens is 4. The maximum atomic E-state index is 5.12. The number of hydrogen-bond donors (Lipinski definition) is 0. The van der Waals surface area contributed by atoms with Crippen molar-refractivity contribution in [3.63, 3.8) is 0 Å². The molecule has 11 rings (SSSR count). The fourth-order valence-electron chi connectivity index (χ4n) is 8.34. The van der Waals surface area contributed by atoms with Gasteiger partial charge in [0.15, 0.2) is 5.82 Å². The maximum Gasteiger partial charge on any atom is 0.160 e. The van der Waals surface area contributed by atoms with E-state index < -0.39 is 0 Å². The molecule has 0 N–H and O–H groups in total. The molecule has 0 amide bonds. The number of fused-ring (bicyclic) bond motifs is 7. The average molecular weight is 715 g/mol. The number of nitrogens with zero attached hydrogens (tertiary/aromatic N) is 4. The van der Waals surface area contributed by atoms with E-state index in [4.69, 9.17) is 9.97 Å². The summed E-state index contributed by atoms with van der Waals surface area (Å²) in [5, 5.41) is 4.91. The Balaban J connectivity index is 1.16. The molecule has 0 aliphatic carbocycles. The molecule has 3 heterocycles. The van der Waals surface area contributed by atoms with Gasteiger partial charge in [0.05, 0.1) is 33.5 Å². The van der Waals surface area contributed by atoms with E-state index in [1.165, 1.54) is 49.2 Å². The lowest BCUT2D eigenvalue weighted by Gasteiger charge is -2.12. The van der Waals surface area contributed by atoms with Crippen LogP contribution in [0.2, 0.25) is 0 Å². The highest BCUT2D eigenvalue weighted by Crippen LogP contribution is 2.43. The Labute approximate surface area is 324 Å². The Morgan fingerprint density at radius 1 is 0.304 bits per heavy atom. The minimum atomic E-state index is 0.707. The SMILES string of the molecule is c1ccc(-c2ccc3c4ccc5c(c6ccccc6n5-c5ccccc5)c4n(-c4ccc(-c5cc(-c6ccccc6)nc(-c6ccccc6)n5)cc4)c3c2)cc1. The minimum absolute atomic E-state index is 0.707. The molecule has 3 aromatic heterocycles. The van der Waals surface area contributed by atoms with Crippen molar-refractivity contribution in [1.29, 1.82) is 0 Å². The lowest BCUT2D eigenvalue weighted by atomic mass is 10.0. The van der Waals surface area contributed by atoms with Crippen LogP contribution in [0.3, 0.4) is 0 Å². The molecule has 0 saturated carbocycles. The Bertz CT molecular complexity index is 3140. The molecule has 0 aliphatic heterocycles. The van der Waals surface area contributed by atoms with Crippen LogP contribution < -0.4 is 0 Å². The second-order valence-electron chi connectivity index (χ2n) is 14.2. The summed E-state index contributed by atoms with van der Waals surface area (Å²) in [5.74, 6) is 0.707. The highest BCUT2D eigenvalue weighted by Gasteiger charge is 2.21. The molecule has 0 saturated heterocycles. The number of benzene rings is 8. The molecule has 0 fully saturated rings. The highest BCUT2D eigenvalue weighted by molar-refractivity contribution is 6.26. The standard InChI is InChI=1S/C52H34N4/c1-5-15-35(16-6-1)39-27-30-42-43-31-32-48-50(44-23-13-14-24-47(44)55(48)40-21-11-4-12-22-40)51(43)56(49(42)33-39)41-28-25-37(26-29-41)46-34-45(36-17-7-2-8-18-36)53-52(54-46)38-19-9-3-10-20-38/h1-34H. The summed E-state index contributed by atoms with van der Waals surface area (Å²) in [6.45, 7) is 0. The van der Waals surface area contributed by atoms with Gasteiger partial charge in [-0.2, -0.15) is 0 Å². The van der Waals surface area contributed by atoms with Gasteiger partial charge >= 0.3 is 0 Å². The van der Waals surface area contributed by atoms with E-state index in [0.717, 1.165) is 45.0 Å². The lowest BCUT2D eigenvalue weighted by Crippen LogP contribution is -1.97. The van der Waals surface area contributed by atoms with Gasteiger partial charge in [-0.3, -0.25) is 0 Å². The van der Waals surface area contributed by atoms with Crippen LogP contribution in [0.4, 0.5) is 0 Å². The molecule has 56 heavy (non-hydrogen) atoms. The van der Waals surface area contributed by atoms with Crippen molar-refractivity contribution in [2.45, 2.75) is 0 Å². The van der Waals surface area contributed by atoms with E-state index in [2.05, 4.69) is 191 Å². The number of para-hydroxylation sites is 2. The van der Waals surface area contributed by atoms with E-state index in [9.17, 15) is 0 Å². The summed E-state index contributed by atoms with van der Waals surface area (Å²) in [5.41, 5.74) is 14.2. The molecule has 262 valence electrons. The van der Waals surface area contributed by atoms with E-state index in [-0.39, 0.29) is 0 Å².